The lowest BCUT2D eigenvalue weighted by Gasteiger charge is -2.33. The normalized spacial score (nSPS) is 16.3. The molecule has 132 valence electrons. The topological polar surface area (TPSA) is 73.7 Å². The van der Waals surface area contributed by atoms with Crippen LogP contribution in [0.2, 0.25) is 0 Å². The zero-order valence-electron chi connectivity index (χ0n) is 14.6. The molecule has 2 aromatic rings. The first kappa shape index (κ1) is 17.0. The molecule has 2 heterocycles. The molecule has 0 saturated carbocycles. The van der Waals surface area contributed by atoms with E-state index in [9.17, 15) is 9.59 Å². The van der Waals surface area contributed by atoms with Gasteiger partial charge in [-0.2, -0.15) is 0 Å². The maximum absolute atomic E-state index is 12.0. The van der Waals surface area contributed by atoms with Crippen LogP contribution in [-0.4, -0.2) is 46.6 Å². The van der Waals surface area contributed by atoms with E-state index in [-0.39, 0.29) is 5.91 Å². The van der Waals surface area contributed by atoms with Gasteiger partial charge < -0.3 is 18.9 Å². The Bertz CT molecular complexity index is 782. The largest absolute Gasteiger partial charge is 0.497 e. The number of amides is 1. The fraction of sp³-hybridized carbons (Fsp3) is 0.389. The lowest BCUT2D eigenvalue weighted by molar-refractivity contribution is -0.153. The SMILES string of the molecule is COC(=O)C1Cc2ncn(Cc3ccc(OC)cc3)c2CN1C(C)=O. The van der Waals surface area contributed by atoms with E-state index < -0.39 is 12.0 Å². The number of methoxy groups -OCH3 is 2. The molecule has 7 heteroatoms. The first-order chi connectivity index (χ1) is 12.0. The molecule has 1 atom stereocenters. The van der Waals surface area contributed by atoms with Gasteiger partial charge in [-0.25, -0.2) is 9.78 Å². The van der Waals surface area contributed by atoms with Crippen molar-refractivity contribution in [3.05, 3.63) is 47.5 Å². The van der Waals surface area contributed by atoms with Crippen molar-refractivity contribution in [1.82, 2.24) is 14.5 Å². The number of benzene rings is 1. The number of carbonyl (C=O) groups is 2. The van der Waals surface area contributed by atoms with Crippen LogP contribution >= 0.6 is 0 Å². The fourth-order valence-electron chi connectivity index (χ4n) is 3.11. The number of fused-ring (bicyclic) bond motifs is 1. The molecule has 0 N–H and O–H groups in total. The van der Waals surface area contributed by atoms with Gasteiger partial charge in [0.25, 0.3) is 0 Å². The molecule has 1 aliphatic heterocycles. The van der Waals surface area contributed by atoms with Gasteiger partial charge in [0.05, 0.1) is 38.5 Å². The maximum Gasteiger partial charge on any atom is 0.329 e. The van der Waals surface area contributed by atoms with E-state index in [0.717, 1.165) is 22.7 Å². The number of ether oxygens (including phenoxy) is 2. The van der Waals surface area contributed by atoms with Crippen LogP contribution in [0.15, 0.2) is 30.6 Å². The Morgan fingerprint density at radius 1 is 1.24 bits per heavy atom. The second-order valence-corrected chi connectivity index (χ2v) is 6.00. The van der Waals surface area contributed by atoms with Crippen LogP contribution in [-0.2, 0) is 33.8 Å². The van der Waals surface area contributed by atoms with Crippen LogP contribution in [0.3, 0.4) is 0 Å². The minimum absolute atomic E-state index is 0.154. The van der Waals surface area contributed by atoms with Crippen molar-refractivity contribution < 1.29 is 19.1 Å². The van der Waals surface area contributed by atoms with Crippen molar-refractivity contribution in [2.75, 3.05) is 14.2 Å². The monoisotopic (exact) mass is 343 g/mol. The summed E-state index contributed by atoms with van der Waals surface area (Å²) in [5.74, 6) is 0.240. The molecular weight excluding hydrogens is 322 g/mol. The molecule has 1 aliphatic rings. The standard InChI is InChI=1S/C18H21N3O4/c1-12(22)21-10-17-15(8-16(21)18(23)25-3)19-11-20(17)9-13-4-6-14(24-2)7-5-13/h4-7,11,16H,8-10H2,1-3H3. The van der Waals surface area contributed by atoms with Crippen LogP contribution in [0, 0.1) is 0 Å². The van der Waals surface area contributed by atoms with Gasteiger partial charge in [0.1, 0.15) is 11.8 Å². The van der Waals surface area contributed by atoms with Crippen molar-refractivity contribution in [2.24, 2.45) is 0 Å². The molecule has 1 unspecified atom stereocenters. The summed E-state index contributed by atoms with van der Waals surface area (Å²) < 4.78 is 12.0. The van der Waals surface area contributed by atoms with Gasteiger partial charge in [-0.3, -0.25) is 4.79 Å². The highest BCUT2D eigenvalue weighted by molar-refractivity contribution is 5.84. The van der Waals surface area contributed by atoms with Crippen LogP contribution in [0.5, 0.6) is 5.75 Å². The predicted molar refractivity (Wildman–Crippen MR) is 90.1 cm³/mol. The van der Waals surface area contributed by atoms with Crippen LogP contribution < -0.4 is 4.74 Å². The van der Waals surface area contributed by atoms with Gasteiger partial charge in [-0.1, -0.05) is 12.1 Å². The van der Waals surface area contributed by atoms with E-state index in [1.807, 2.05) is 28.8 Å². The highest BCUT2D eigenvalue weighted by Crippen LogP contribution is 2.24. The third-order valence-electron chi connectivity index (χ3n) is 4.51. The summed E-state index contributed by atoms with van der Waals surface area (Å²) in [6.45, 7) is 2.45. The molecule has 0 aliphatic carbocycles. The van der Waals surface area contributed by atoms with Crippen LogP contribution in [0.25, 0.3) is 0 Å². The first-order valence-electron chi connectivity index (χ1n) is 8.04. The quantitative estimate of drug-likeness (QED) is 0.784. The van der Waals surface area contributed by atoms with Crippen molar-refractivity contribution in [3.8, 4) is 5.75 Å². The molecule has 25 heavy (non-hydrogen) atoms. The van der Waals surface area contributed by atoms with Gasteiger partial charge in [0.2, 0.25) is 5.91 Å². The number of nitrogens with zero attached hydrogens (tertiary/aromatic N) is 3. The molecule has 7 nitrogen and oxygen atoms in total. The second kappa shape index (κ2) is 6.96. The van der Waals surface area contributed by atoms with Gasteiger partial charge in [0.15, 0.2) is 0 Å². The molecular formula is C18H21N3O4. The molecule has 0 bridgehead atoms. The summed E-state index contributed by atoms with van der Waals surface area (Å²) in [6.07, 6.45) is 2.13. The van der Waals surface area contributed by atoms with Gasteiger partial charge in [-0.05, 0) is 17.7 Å². The molecule has 3 rings (SSSR count). The van der Waals surface area contributed by atoms with Crippen molar-refractivity contribution >= 4 is 11.9 Å². The number of hydrogen-bond donors (Lipinski definition) is 0. The number of hydrogen-bond acceptors (Lipinski definition) is 5. The van der Waals surface area contributed by atoms with Gasteiger partial charge >= 0.3 is 5.97 Å². The summed E-state index contributed by atoms with van der Waals surface area (Å²) in [4.78, 5) is 29.9. The highest BCUT2D eigenvalue weighted by Gasteiger charge is 2.36. The average molecular weight is 343 g/mol. The summed E-state index contributed by atoms with van der Waals surface area (Å²) in [6, 6.07) is 7.20. The zero-order valence-corrected chi connectivity index (χ0v) is 14.6. The average Bonchev–Trinajstić information content (AvgIpc) is 3.02. The number of imidazole rings is 1. The zero-order chi connectivity index (χ0) is 18.0. The summed E-state index contributed by atoms with van der Waals surface area (Å²) in [5, 5.41) is 0. The summed E-state index contributed by atoms with van der Waals surface area (Å²) >= 11 is 0. The number of aromatic nitrogens is 2. The number of carbonyl (C=O) groups excluding carboxylic acids is 2. The smallest absolute Gasteiger partial charge is 0.329 e. The van der Waals surface area contributed by atoms with E-state index in [4.69, 9.17) is 9.47 Å². The summed E-state index contributed by atoms with van der Waals surface area (Å²) in [7, 11) is 2.97. The van der Waals surface area contributed by atoms with E-state index >= 15 is 0 Å². The highest BCUT2D eigenvalue weighted by atomic mass is 16.5. The van der Waals surface area contributed by atoms with Crippen LogP contribution in [0.1, 0.15) is 23.9 Å². The van der Waals surface area contributed by atoms with E-state index in [2.05, 4.69) is 4.98 Å². The third kappa shape index (κ3) is 3.35. The molecule has 1 amide bonds. The van der Waals surface area contributed by atoms with Crippen molar-refractivity contribution in [3.63, 3.8) is 0 Å². The number of rotatable bonds is 4. The number of esters is 1. The lowest BCUT2D eigenvalue weighted by Crippen LogP contribution is -2.48. The summed E-state index contributed by atoms with van der Waals surface area (Å²) in [5.41, 5.74) is 2.89. The molecule has 1 aromatic heterocycles. The molecule has 0 radical (unpaired) electrons. The maximum atomic E-state index is 12.0. The Hall–Kier alpha value is -2.83. The van der Waals surface area contributed by atoms with E-state index in [0.29, 0.717) is 19.5 Å². The molecule has 1 aromatic carbocycles. The van der Waals surface area contributed by atoms with E-state index in [1.165, 1.54) is 14.0 Å². The predicted octanol–water partition coefficient (Wildman–Crippen LogP) is 1.39. The van der Waals surface area contributed by atoms with Gasteiger partial charge in [-0.15, -0.1) is 0 Å². The molecule has 0 saturated heterocycles. The Labute approximate surface area is 146 Å². The first-order valence-corrected chi connectivity index (χ1v) is 8.04. The Morgan fingerprint density at radius 3 is 2.56 bits per heavy atom. The minimum atomic E-state index is -0.612. The minimum Gasteiger partial charge on any atom is -0.497 e. The fourth-order valence-corrected chi connectivity index (χ4v) is 3.11. The second-order valence-electron chi connectivity index (χ2n) is 6.00. The lowest BCUT2D eigenvalue weighted by atomic mass is 10.0. The van der Waals surface area contributed by atoms with Gasteiger partial charge in [0, 0.05) is 19.9 Å². The van der Waals surface area contributed by atoms with Crippen molar-refractivity contribution in [2.45, 2.75) is 32.5 Å². The van der Waals surface area contributed by atoms with Crippen LogP contribution in [0.4, 0.5) is 0 Å². The molecule has 0 fully saturated rings. The van der Waals surface area contributed by atoms with E-state index in [1.54, 1.807) is 18.3 Å². The Balaban J connectivity index is 1.85. The Morgan fingerprint density at radius 2 is 1.96 bits per heavy atom. The third-order valence-corrected chi connectivity index (χ3v) is 4.51. The Kier molecular flexibility index (Phi) is 4.74. The molecule has 0 spiro atoms. The van der Waals surface area contributed by atoms with Crippen molar-refractivity contribution in [1.29, 1.82) is 0 Å².